The summed E-state index contributed by atoms with van der Waals surface area (Å²) in [4.78, 5) is 54.1. The highest BCUT2D eigenvalue weighted by molar-refractivity contribution is 8.00. The molecule has 170 valence electrons. The second kappa shape index (κ2) is 9.63. The smallest absolute Gasteiger partial charge is 0.334 e. The largest absolute Gasteiger partial charge is 0.380 e. The third-order valence-electron chi connectivity index (χ3n) is 5.29. The minimum Gasteiger partial charge on any atom is -0.334 e. The number of benzene rings is 2. The predicted octanol–water partition coefficient (Wildman–Crippen LogP) is 2.94. The SMILES string of the molecule is O=C(Cc1ccccc1)NOC(=O)C1=C(Cl)CS[C@H]2C(Cc3ccc([N+](=O)[O-])cc3)C(=O)N12. The van der Waals surface area contributed by atoms with Crippen molar-refractivity contribution in [1.29, 1.82) is 0 Å². The van der Waals surface area contributed by atoms with Gasteiger partial charge in [0.25, 0.3) is 11.6 Å². The zero-order chi connectivity index (χ0) is 23.5. The van der Waals surface area contributed by atoms with E-state index in [4.69, 9.17) is 16.4 Å². The van der Waals surface area contributed by atoms with Crippen molar-refractivity contribution < 1.29 is 24.1 Å². The van der Waals surface area contributed by atoms with E-state index in [9.17, 15) is 24.5 Å². The van der Waals surface area contributed by atoms with Crippen molar-refractivity contribution in [2.24, 2.45) is 5.92 Å². The lowest BCUT2D eigenvalue weighted by Crippen LogP contribution is -2.62. The van der Waals surface area contributed by atoms with E-state index in [-0.39, 0.29) is 34.1 Å². The Hall–Kier alpha value is -3.37. The molecule has 0 aliphatic carbocycles. The monoisotopic (exact) mass is 487 g/mol. The van der Waals surface area contributed by atoms with Crippen molar-refractivity contribution in [1.82, 2.24) is 10.4 Å². The highest BCUT2D eigenvalue weighted by atomic mass is 35.5. The molecular weight excluding hydrogens is 470 g/mol. The third-order valence-corrected chi connectivity index (χ3v) is 7.10. The minimum absolute atomic E-state index is 0.0265. The average Bonchev–Trinajstić information content (AvgIpc) is 2.81. The summed E-state index contributed by atoms with van der Waals surface area (Å²) in [6.45, 7) is 0. The molecule has 1 unspecified atom stereocenters. The number of hydroxylamine groups is 1. The number of carbonyl (C=O) groups is 3. The number of nitro benzene ring substituents is 1. The molecular formula is C22H18ClN3O6S. The van der Waals surface area contributed by atoms with Crippen LogP contribution in [0.1, 0.15) is 11.1 Å². The summed E-state index contributed by atoms with van der Waals surface area (Å²) in [5.41, 5.74) is 3.53. The van der Waals surface area contributed by atoms with E-state index in [2.05, 4.69) is 5.48 Å². The van der Waals surface area contributed by atoms with Gasteiger partial charge < -0.3 is 4.84 Å². The molecule has 2 aromatic rings. The molecule has 11 heteroatoms. The van der Waals surface area contributed by atoms with Crippen LogP contribution in [0.15, 0.2) is 65.3 Å². The summed E-state index contributed by atoms with van der Waals surface area (Å²) in [7, 11) is 0. The molecule has 2 atom stereocenters. The summed E-state index contributed by atoms with van der Waals surface area (Å²) >= 11 is 7.64. The second-order valence-electron chi connectivity index (χ2n) is 7.47. The number of hydrogen-bond acceptors (Lipinski definition) is 7. The fourth-order valence-electron chi connectivity index (χ4n) is 3.68. The van der Waals surface area contributed by atoms with Crippen LogP contribution in [0, 0.1) is 16.0 Å². The molecule has 33 heavy (non-hydrogen) atoms. The number of nitrogens with zero attached hydrogens (tertiary/aromatic N) is 2. The van der Waals surface area contributed by atoms with Gasteiger partial charge in [0.05, 0.1) is 27.7 Å². The number of nitrogens with one attached hydrogen (secondary N) is 1. The van der Waals surface area contributed by atoms with Gasteiger partial charge in [0.2, 0.25) is 5.91 Å². The number of amides is 2. The van der Waals surface area contributed by atoms with Gasteiger partial charge >= 0.3 is 5.97 Å². The lowest BCUT2D eigenvalue weighted by molar-refractivity contribution is -0.384. The van der Waals surface area contributed by atoms with Crippen LogP contribution in [0.25, 0.3) is 0 Å². The summed E-state index contributed by atoms with van der Waals surface area (Å²) in [6.07, 6.45) is 0.401. The number of hydrogen-bond donors (Lipinski definition) is 1. The number of nitro groups is 1. The molecule has 1 fully saturated rings. The summed E-state index contributed by atoms with van der Waals surface area (Å²) in [5.74, 6) is -1.81. The van der Waals surface area contributed by atoms with Gasteiger partial charge in [0.15, 0.2) is 0 Å². The molecule has 4 rings (SSSR count). The van der Waals surface area contributed by atoms with E-state index in [0.29, 0.717) is 12.2 Å². The van der Waals surface area contributed by atoms with Gasteiger partial charge in [-0.15, -0.1) is 11.8 Å². The van der Waals surface area contributed by atoms with Crippen LogP contribution in [0.3, 0.4) is 0 Å². The quantitative estimate of drug-likeness (QED) is 0.378. The van der Waals surface area contributed by atoms with E-state index in [1.165, 1.54) is 28.8 Å². The molecule has 0 bridgehead atoms. The maximum Gasteiger partial charge on any atom is 0.380 e. The van der Waals surface area contributed by atoms with Crippen LogP contribution >= 0.6 is 23.4 Å². The number of β-lactam (4-membered cyclic amide) rings is 1. The first-order valence-electron chi connectivity index (χ1n) is 9.95. The molecule has 2 heterocycles. The van der Waals surface area contributed by atoms with E-state index in [0.717, 1.165) is 11.1 Å². The summed E-state index contributed by atoms with van der Waals surface area (Å²) in [6, 6.07) is 15.0. The molecule has 1 saturated heterocycles. The normalized spacial score (nSPS) is 19.4. The number of fused-ring (bicyclic) bond motifs is 1. The standard InChI is InChI=1S/C22H18ClN3O6S/c23-17-12-33-21-16(10-14-6-8-15(9-7-14)26(30)31)20(28)25(21)19(17)22(29)32-24-18(27)11-13-4-2-1-3-5-13/h1-9,16,21H,10-12H2,(H,24,27)/t16?,21-/m0/s1. The van der Waals surface area contributed by atoms with Gasteiger partial charge in [0.1, 0.15) is 5.70 Å². The lowest BCUT2D eigenvalue weighted by Gasteiger charge is -2.49. The van der Waals surface area contributed by atoms with Gasteiger partial charge in [-0.2, -0.15) is 5.48 Å². The highest BCUT2D eigenvalue weighted by Crippen LogP contribution is 2.46. The Morgan fingerprint density at radius 1 is 1.15 bits per heavy atom. The second-order valence-corrected chi connectivity index (χ2v) is 9.04. The van der Waals surface area contributed by atoms with Crippen LogP contribution in [-0.4, -0.2) is 38.7 Å². The average molecular weight is 488 g/mol. The van der Waals surface area contributed by atoms with Crippen molar-refractivity contribution >= 4 is 46.8 Å². The zero-order valence-electron chi connectivity index (χ0n) is 17.1. The predicted molar refractivity (Wildman–Crippen MR) is 121 cm³/mol. The van der Waals surface area contributed by atoms with Crippen LogP contribution in [0.2, 0.25) is 0 Å². The Morgan fingerprint density at radius 2 is 1.85 bits per heavy atom. The first-order valence-corrected chi connectivity index (χ1v) is 11.4. The van der Waals surface area contributed by atoms with Gasteiger partial charge in [-0.1, -0.05) is 54.1 Å². The Labute approximate surface area is 197 Å². The van der Waals surface area contributed by atoms with E-state index < -0.39 is 22.7 Å². The Morgan fingerprint density at radius 3 is 2.52 bits per heavy atom. The molecule has 0 radical (unpaired) electrons. The van der Waals surface area contributed by atoms with Crippen LogP contribution < -0.4 is 5.48 Å². The highest BCUT2D eigenvalue weighted by Gasteiger charge is 2.53. The third kappa shape index (κ3) is 4.86. The number of carbonyl (C=O) groups excluding carboxylic acids is 3. The molecule has 2 aliphatic rings. The van der Waals surface area contributed by atoms with Crippen LogP contribution in [-0.2, 0) is 32.1 Å². The van der Waals surface area contributed by atoms with Crippen molar-refractivity contribution in [3.63, 3.8) is 0 Å². The van der Waals surface area contributed by atoms with Gasteiger partial charge in [-0.05, 0) is 17.5 Å². The van der Waals surface area contributed by atoms with E-state index in [1.54, 1.807) is 36.4 Å². The molecule has 2 amide bonds. The first kappa shape index (κ1) is 22.8. The van der Waals surface area contributed by atoms with Crippen LogP contribution in [0.4, 0.5) is 5.69 Å². The maximum atomic E-state index is 12.8. The summed E-state index contributed by atoms with van der Waals surface area (Å²) < 4.78 is 0. The number of thioether (sulfide) groups is 1. The van der Waals surface area contributed by atoms with Gasteiger partial charge in [0, 0.05) is 17.9 Å². The molecule has 2 aliphatic heterocycles. The molecule has 1 N–H and O–H groups in total. The molecule has 0 spiro atoms. The van der Waals surface area contributed by atoms with Gasteiger partial charge in [-0.3, -0.25) is 24.6 Å². The lowest BCUT2D eigenvalue weighted by atomic mass is 9.89. The minimum atomic E-state index is -0.908. The molecule has 0 saturated carbocycles. The first-order chi connectivity index (χ1) is 15.8. The topological polar surface area (TPSA) is 119 Å². The van der Waals surface area contributed by atoms with Crippen molar-refractivity contribution in [3.8, 4) is 0 Å². The Bertz CT molecular complexity index is 1140. The Balaban J connectivity index is 1.37. The van der Waals surface area contributed by atoms with E-state index in [1.807, 2.05) is 6.07 Å². The fraction of sp³-hybridized carbons (Fsp3) is 0.227. The van der Waals surface area contributed by atoms with Crippen LogP contribution in [0.5, 0.6) is 0 Å². The molecule has 9 nitrogen and oxygen atoms in total. The number of non-ortho nitro benzene ring substituents is 1. The Kier molecular flexibility index (Phi) is 6.66. The number of halogens is 1. The number of rotatable bonds is 6. The molecule has 2 aromatic carbocycles. The zero-order valence-corrected chi connectivity index (χ0v) is 18.7. The van der Waals surface area contributed by atoms with Crippen molar-refractivity contribution in [3.05, 3.63) is 86.6 Å². The summed E-state index contributed by atoms with van der Waals surface area (Å²) in [5, 5.41) is 10.7. The van der Waals surface area contributed by atoms with Crippen molar-refractivity contribution in [2.75, 3.05) is 5.75 Å². The fourth-order valence-corrected chi connectivity index (χ4v) is 5.30. The van der Waals surface area contributed by atoms with E-state index >= 15 is 0 Å². The van der Waals surface area contributed by atoms with Gasteiger partial charge in [-0.25, -0.2) is 4.79 Å². The molecule has 0 aromatic heterocycles. The van der Waals surface area contributed by atoms with Crippen molar-refractivity contribution in [2.45, 2.75) is 18.2 Å². The maximum absolute atomic E-state index is 12.8.